The van der Waals surface area contributed by atoms with Crippen LogP contribution in [-0.2, 0) is 6.54 Å². The Morgan fingerprint density at radius 2 is 1.19 bits per heavy atom. The Morgan fingerprint density at radius 1 is 0.645 bits per heavy atom. The fourth-order valence-corrected chi connectivity index (χ4v) is 3.59. The fourth-order valence-electron chi connectivity index (χ4n) is 3.47. The number of nitrogens with zero attached hydrogens (tertiary/aromatic N) is 4. The summed E-state index contributed by atoms with van der Waals surface area (Å²) in [6, 6.07) is 25.0. The van der Waals surface area contributed by atoms with Crippen LogP contribution in [0.5, 0.6) is 0 Å². The number of benzene rings is 2. The van der Waals surface area contributed by atoms with Gasteiger partial charge in [0, 0.05) is 79.5 Å². The Hall–Kier alpha value is -3.37. The van der Waals surface area contributed by atoms with Crippen LogP contribution in [0.4, 0.5) is 17.1 Å². The molecule has 0 spiro atoms. The van der Waals surface area contributed by atoms with E-state index in [9.17, 15) is 0 Å². The number of hydrogen-bond acceptors (Lipinski definition) is 2. The van der Waals surface area contributed by atoms with Gasteiger partial charge in [-0.3, -0.25) is 0 Å². The molecule has 0 unspecified atom stereocenters. The molecular formula is C26H27ClN4+2. The van der Waals surface area contributed by atoms with E-state index >= 15 is 0 Å². The zero-order valence-electron chi connectivity index (χ0n) is 18.1. The Morgan fingerprint density at radius 3 is 1.77 bits per heavy atom. The first kappa shape index (κ1) is 20.9. The van der Waals surface area contributed by atoms with Crippen LogP contribution in [0.2, 0.25) is 5.02 Å². The smallest absolute Gasteiger partial charge is 0.210 e. The number of rotatable bonds is 6. The third kappa shape index (κ3) is 5.04. The van der Waals surface area contributed by atoms with Crippen molar-refractivity contribution in [1.29, 1.82) is 0 Å². The number of anilines is 3. The van der Waals surface area contributed by atoms with Crippen LogP contribution < -0.4 is 18.9 Å². The maximum absolute atomic E-state index is 6.00. The van der Waals surface area contributed by atoms with Crippen molar-refractivity contribution in [3.05, 3.63) is 108 Å². The largest absolute Gasteiger partial charge is 0.377 e. The lowest BCUT2D eigenvalue weighted by atomic mass is 10.2. The van der Waals surface area contributed by atoms with Gasteiger partial charge in [0.15, 0.2) is 31.3 Å². The second-order valence-electron chi connectivity index (χ2n) is 7.79. The minimum absolute atomic E-state index is 0.746. The molecule has 156 valence electrons. The summed E-state index contributed by atoms with van der Waals surface area (Å²) in [4.78, 5) is 4.25. The molecule has 31 heavy (non-hydrogen) atoms. The summed E-state index contributed by atoms with van der Waals surface area (Å²) < 4.78 is 4.32. The average molecular weight is 431 g/mol. The Kier molecular flexibility index (Phi) is 6.19. The number of pyridine rings is 2. The van der Waals surface area contributed by atoms with Crippen molar-refractivity contribution < 1.29 is 9.13 Å². The summed E-state index contributed by atoms with van der Waals surface area (Å²) in [6.45, 7) is 0.851. The predicted octanol–water partition coefficient (Wildman–Crippen LogP) is 4.79. The Balaban J connectivity index is 1.44. The minimum atomic E-state index is 0.746. The van der Waals surface area contributed by atoms with Crippen LogP contribution in [0.3, 0.4) is 0 Å². The topological polar surface area (TPSA) is 14.2 Å². The second kappa shape index (κ2) is 9.19. The van der Waals surface area contributed by atoms with Crippen molar-refractivity contribution in [2.45, 2.75) is 6.54 Å². The van der Waals surface area contributed by atoms with Crippen LogP contribution in [0.15, 0.2) is 97.6 Å². The molecule has 2 heterocycles. The van der Waals surface area contributed by atoms with Gasteiger partial charge in [0.1, 0.15) is 0 Å². The fraction of sp³-hybridized carbons (Fsp3) is 0.154. The summed E-state index contributed by atoms with van der Waals surface area (Å²) in [5.41, 5.74) is 5.83. The molecule has 0 radical (unpaired) electrons. The molecule has 5 heteroatoms. The van der Waals surface area contributed by atoms with Gasteiger partial charge in [-0.15, -0.1) is 0 Å². The summed E-state index contributed by atoms with van der Waals surface area (Å²) in [5.74, 6) is 0. The summed E-state index contributed by atoms with van der Waals surface area (Å²) in [6.07, 6.45) is 8.42. The van der Waals surface area contributed by atoms with Crippen molar-refractivity contribution >= 4 is 28.7 Å². The van der Waals surface area contributed by atoms with Gasteiger partial charge < -0.3 is 9.80 Å². The van der Waals surface area contributed by atoms with Crippen molar-refractivity contribution in [3.63, 3.8) is 0 Å². The van der Waals surface area contributed by atoms with Gasteiger partial charge in [-0.1, -0.05) is 11.6 Å². The molecule has 0 N–H and O–H groups in total. The van der Waals surface area contributed by atoms with E-state index < -0.39 is 0 Å². The monoisotopic (exact) mass is 430 g/mol. The second-order valence-corrected chi connectivity index (χ2v) is 8.23. The zero-order valence-corrected chi connectivity index (χ0v) is 18.9. The lowest BCUT2D eigenvalue weighted by Gasteiger charge is -2.18. The molecule has 0 saturated heterocycles. The first-order chi connectivity index (χ1) is 15.0. The van der Waals surface area contributed by atoms with Crippen molar-refractivity contribution in [2.24, 2.45) is 0 Å². The molecule has 0 atom stereocenters. The quantitative estimate of drug-likeness (QED) is 0.408. The number of hydrogen-bond donors (Lipinski definition) is 0. The maximum Gasteiger partial charge on any atom is 0.210 e. The molecule has 0 amide bonds. The normalized spacial score (nSPS) is 10.7. The van der Waals surface area contributed by atoms with E-state index in [-0.39, 0.29) is 0 Å². The highest BCUT2D eigenvalue weighted by Crippen LogP contribution is 2.24. The van der Waals surface area contributed by atoms with Crippen LogP contribution in [-0.4, -0.2) is 21.1 Å². The zero-order chi connectivity index (χ0) is 21.8. The first-order valence-corrected chi connectivity index (χ1v) is 10.6. The van der Waals surface area contributed by atoms with E-state index in [2.05, 4.69) is 113 Å². The third-order valence-corrected chi connectivity index (χ3v) is 5.65. The molecule has 0 fully saturated rings. The van der Waals surface area contributed by atoms with E-state index in [0.717, 1.165) is 28.6 Å². The van der Waals surface area contributed by atoms with Crippen molar-refractivity contribution in [2.75, 3.05) is 30.9 Å². The van der Waals surface area contributed by atoms with Crippen LogP contribution in [0.1, 0.15) is 5.56 Å². The first-order valence-electron chi connectivity index (χ1n) is 10.3. The van der Waals surface area contributed by atoms with E-state index in [4.69, 9.17) is 11.6 Å². The lowest BCUT2D eigenvalue weighted by Crippen LogP contribution is -2.33. The highest BCUT2D eigenvalue weighted by Gasteiger charge is 2.10. The van der Waals surface area contributed by atoms with Gasteiger partial charge in [0.05, 0.1) is 5.69 Å². The molecular weight excluding hydrogens is 404 g/mol. The van der Waals surface area contributed by atoms with E-state index in [1.807, 2.05) is 24.3 Å². The van der Waals surface area contributed by atoms with E-state index in [1.165, 1.54) is 11.3 Å². The summed E-state index contributed by atoms with van der Waals surface area (Å²) >= 11 is 6.00. The van der Waals surface area contributed by atoms with Gasteiger partial charge in [-0.05, 0) is 36.4 Å². The van der Waals surface area contributed by atoms with Gasteiger partial charge in [-0.2, -0.15) is 4.57 Å². The van der Waals surface area contributed by atoms with Crippen LogP contribution in [0.25, 0.3) is 5.69 Å². The maximum atomic E-state index is 6.00. The molecule has 0 bridgehead atoms. The SMILES string of the molecule is CN(C)c1cc[n+](Cc2ccc(-[n+]3ccc(N(C)c4ccc(Cl)cc4)cc3)cc2)cc1. The van der Waals surface area contributed by atoms with Gasteiger partial charge in [0.25, 0.3) is 0 Å². The van der Waals surface area contributed by atoms with Gasteiger partial charge in [0.2, 0.25) is 5.69 Å². The third-order valence-electron chi connectivity index (χ3n) is 5.40. The summed E-state index contributed by atoms with van der Waals surface area (Å²) in [7, 11) is 6.16. The predicted molar refractivity (Wildman–Crippen MR) is 128 cm³/mol. The number of aromatic nitrogens is 2. The lowest BCUT2D eigenvalue weighted by molar-refractivity contribution is -0.688. The van der Waals surface area contributed by atoms with Crippen molar-refractivity contribution in [3.8, 4) is 5.69 Å². The molecule has 0 aliphatic carbocycles. The average Bonchev–Trinajstić information content (AvgIpc) is 2.80. The Labute approximate surface area is 189 Å². The molecule has 0 saturated carbocycles. The van der Waals surface area contributed by atoms with Gasteiger partial charge in [-0.25, -0.2) is 4.57 Å². The van der Waals surface area contributed by atoms with Crippen LogP contribution >= 0.6 is 11.6 Å². The highest BCUT2D eigenvalue weighted by atomic mass is 35.5. The summed E-state index contributed by atoms with van der Waals surface area (Å²) in [5, 5.41) is 0.746. The molecule has 4 rings (SSSR count). The molecule has 4 nitrogen and oxygen atoms in total. The Bertz CT molecular complexity index is 1120. The van der Waals surface area contributed by atoms with Crippen LogP contribution in [0, 0.1) is 0 Å². The van der Waals surface area contributed by atoms with Crippen molar-refractivity contribution in [1.82, 2.24) is 0 Å². The van der Waals surface area contributed by atoms with E-state index in [0.29, 0.717) is 0 Å². The molecule has 2 aromatic carbocycles. The highest BCUT2D eigenvalue weighted by molar-refractivity contribution is 6.30. The van der Waals surface area contributed by atoms with Gasteiger partial charge >= 0.3 is 0 Å². The number of halogens is 1. The molecule has 2 aromatic heterocycles. The molecule has 0 aliphatic rings. The standard InChI is InChI=1S/C26H27ClN4/c1-28(2)23-12-16-30(17-13-23)20-21-4-8-26(9-5-21)31-18-14-25(15-19-31)29(3)24-10-6-22(27)7-11-24/h4-19H,20H2,1-3H3/q+2. The minimum Gasteiger partial charge on any atom is -0.377 e. The molecule has 0 aliphatic heterocycles. The van der Waals surface area contributed by atoms with E-state index in [1.54, 1.807) is 0 Å². The molecule has 4 aromatic rings.